The van der Waals surface area contributed by atoms with Crippen LogP contribution in [0.5, 0.6) is 0 Å². The molecule has 1 aliphatic carbocycles. The number of alkyl halides is 3. The summed E-state index contributed by atoms with van der Waals surface area (Å²) >= 11 is 5.05. The molecule has 0 aromatic heterocycles. The summed E-state index contributed by atoms with van der Waals surface area (Å²) in [5.41, 5.74) is 0. The smallest absolute Gasteiger partial charge is 0.360 e. The van der Waals surface area contributed by atoms with Crippen LogP contribution >= 0.6 is 12.2 Å². The molecule has 1 rings (SSSR count). The van der Waals surface area contributed by atoms with Gasteiger partial charge in [0.05, 0.1) is 6.42 Å². The lowest BCUT2D eigenvalue weighted by Gasteiger charge is -2.24. The van der Waals surface area contributed by atoms with Gasteiger partial charge in [0.25, 0.3) is 0 Å². The van der Waals surface area contributed by atoms with Crippen LogP contribution in [0.2, 0.25) is 0 Å². The van der Waals surface area contributed by atoms with Gasteiger partial charge in [-0.1, -0.05) is 12.8 Å². The van der Waals surface area contributed by atoms with Crippen LogP contribution in [0, 0.1) is 0 Å². The van der Waals surface area contributed by atoms with E-state index in [-0.39, 0.29) is 6.54 Å². The fourth-order valence-electron chi connectivity index (χ4n) is 1.75. The zero-order valence-corrected chi connectivity index (χ0v) is 10.1. The summed E-state index contributed by atoms with van der Waals surface area (Å²) in [5.74, 6) is 0. The number of hydrogen-bond acceptors (Lipinski definition) is 1. The van der Waals surface area contributed by atoms with Gasteiger partial charge in [0, 0.05) is 19.6 Å². The molecule has 1 fully saturated rings. The van der Waals surface area contributed by atoms with Gasteiger partial charge in [0.15, 0.2) is 5.11 Å². The van der Waals surface area contributed by atoms with Crippen molar-refractivity contribution in [2.24, 2.45) is 0 Å². The minimum Gasteiger partial charge on any atom is -0.360 e. The molecule has 1 N–H and O–H groups in total. The molecule has 0 aromatic rings. The third-order valence-corrected chi connectivity index (χ3v) is 3.19. The van der Waals surface area contributed by atoms with Crippen LogP contribution in [0.25, 0.3) is 0 Å². The van der Waals surface area contributed by atoms with Gasteiger partial charge in [0.2, 0.25) is 0 Å². The van der Waals surface area contributed by atoms with Crippen LogP contribution in [0.15, 0.2) is 0 Å². The Hall–Kier alpha value is -0.520. The van der Waals surface area contributed by atoms with E-state index in [4.69, 9.17) is 12.2 Å². The zero-order chi connectivity index (χ0) is 12.2. The molecule has 0 amide bonds. The summed E-state index contributed by atoms with van der Waals surface area (Å²) < 4.78 is 36.0. The summed E-state index contributed by atoms with van der Waals surface area (Å²) in [4.78, 5) is 1.46. The normalized spacial score (nSPS) is 17.5. The lowest BCUT2D eigenvalue weighted by molar-refractivity contribution is -0.135. The highest BCUT2D eigenvalue weighted by Crippen LogP contribution is 2.20. The summed E-state index contributed by atoms with van der Waals surface area (Å²) in [6, 6.07) is 0.348. The fraction of sp³-hybridized carbons (Fsp3) is 0.900. The van der Waals surface area contributed by atoms with Gasteiger partial charge < -0.3 is 10.2 Å². The standard InChI is InChI=1S/C10H17F3N2S/c1-15(7-6-10(11,12)13)9(16)14-8-4-2-3-5-8/h8H,2-7H2,1H3,(H,14,16). The molecule has 2 nitrogen and oxygen atoms in total. The molecule has 6 heteroatoms. The van der Waals surface area contributed by atoms with E-state index >= 15 is 0 Å². The van der Waals surface area contributed by atoms with E-state index in [9.17, 15) is 13.2 Å². The number of hydrogen-bond donors (Lipinski definition) is 1. The molecule has 0 aliphatic heterocycles. The molecule has 0 aromatic carbocycles. The van der Waals surface area contributed by atoms with Crippen molar-refractivity contribution in [2.75, 3.05) is 13.6 Å². The van der Waals surface area contributed by atoms with Crippen molar-refractivity contribution in [2.45, 2.75) is 44.3 Å². The largest absolute Gasteiger partial charge is 0.390 e. The van der Waals surface area contributed by atoms with Crippen LogP contribution in [-0.4, -0.2) is 35.8 Å². The summed E-state index contributed by atoms with van der Waals surface area (Å²) in [6.45, 7) is -0.0813. The topological polar surface area (TPSA) is 15.3 Å². The van der Waals surface area contributed by atoms with Crippen molar-refractivity contribution >= 4 is 17.3 Å². The Kier molecular flexibility index (Phi) is 4.83. The Morgan fingerprint density at radius 1 is 1.38 bits per heavy atom. The first-order valence-corrected chi connectivity index (χ1v) is 5.88. The third kappa shape index (κ3) is 5.01. The van der Waals surface area contributed by atoms with Gasteiger partial charge in [-0.3, -0.25) is 0 Å². The second kappa shape index (κ2) is 5.70. The Morgan fingerprint density at radius 2 is 1.94 bits per heavy atom. The van der Waals surface area contributed by atoms with E-state index in [0.717, 1.165) is 12.8 Å². The molecule has 0 bridgehead atoms. The van der Waals surface area contributed by atoms with Crippen LogP contribution < -0.4 is 5.32 Å². The van der Waals surface area contributed by atoms with E-state index in [1.165, 1.54) is 17.7 Å². The van der Waals surface area contributed by atoms with Gasteiger partial charge in [-0.15, -0.1) is 0 Å². The molecule has 0 heterocycles. The molecular weight excluding hydrogens is 237 g/mol. The highest BCUT2D eigenvalue weighted by Gasteiger charge is 2.27. The second-order valence-corrected chi connectivity index (χ2v) is 4.60. The summed E-state index contributed by atoms with van der Waals surface area (Å²) in [6.07, 6.45) is -0.465. The minimum atomic E-state index is -4.11. The number of nitrogens with one attached hydrogen (secondary N) is 1. The molecule has 1 aliphatic rings. The van der Waals surface area contributed by atoms with Gasteiger partial charge in [-0.05, 0) is 25.1 Å². The predicted octanol–water partition coefficient (Wildman–Crippen LogP) is 2.69. The maximum atomic E-state index is 12.0. The number of halogens is 3. The Balaban J connectivity index is 2.24. The van der Waals surface area contributed by atoms with E-state index in [1.54, 1.807) is 7.05 Å². The number of nitrogens with zero attached hydrogens (tertiary/aromatic N) is 1. The van der Waals surface area contributed by atoms with E-state index < -0.39 is 12.6 Å². The Morgan fingerprint density at radius 3 is 2.44 bits per heavy atom. The van der Waals surface area contributed by atoms with Crippen molar-refractivity contribution < 1.29 is 13.2 Å². The highest BCUT2D eigenvalue weighted by atomic mass is 32.1. The maximum absolute atomic E-state index is 12.0. The average Bonchev–Trinajstić information content (AvgIpc) is 2.65. The second-order valence-electron chi connectivity index (χ2n) is 4.22. The van der Waals surface area contributed by atoms with Gasteiger partial charge >= 0.3 is 6.18 Å². The van der Waals surface area contributed by atoms with Crippen LogP contribution in [0.3, 0.4) is 0 Å². The Bertz CT molecular complexity index is 237. The third-order valence-electron chi connectivity index (χ3n) is 2.76. The van der Waals surface area contributed by atoms with Gasteiger partial charge in [0.1, 0.15) is 0 Å². The lowest BCUT2D eigenvalue weighted by atomic mass is 10.2. The first kappa shape index (κ1) is 13.5. The van der Waals surface area contributed by atoms with Crippen molar-refractivity contribution in [1.82, 2.24) is 10.2 Å². The molecular formula is C10H17F3N2S. The zero-order valence-electron chi connectivity index (χ0n) is 9.31. The van der Waals surface area contributed by atoms with Crippen LogP contribution in [0.1, 0.15) is 32.1 Å². The van der Waals surface area contributed by atoms with Crippen LogP contribution in [-0.2, 0) is 0 Å². The molecule has 0 atom stereocenters. The van der Waals surface area contributed by atoms with E-state index in [1.807, 2.05) is 0 Å². The van der Waals surface area contributed by atoms with E-state index in [0.29, 0.717) is 11.2 Å². The monoisotopic (exact) mass is 254 g/mol. The summed E-state index contributed by atoms with van der Waals surface area (Å²) in [7, 11) is 1.59. The van der Waals surface area contributed by atoms with Crippen molar-refractivity contribution in [3.8, 4) is 0 Å². The van der Waals surface area contributed by atoms with Crippen molar-refractivity contribution in [3.63, 3.8) is 0 Å². The molecule has 16 heavy (non-hydrogen) atoms. The van der Waals surface area contributed by atoms with Crippen molar-refractivity contribution in [1.29, 1.82) is 0 Å². The van der Waals surface area contributed by atoms with Gasteiger partial charge in [-0.2, -0.15) is 13.2 Å². The lowest BCUT2D eigenvalue weighted by Crippen LogP contribution is -2.42. The number of thiocarbonyl (C=S) groups is 1. The maximum Gasteiger partial charge on any atom is 0.390 e. The first-order chi connectivity index (χ1) is 7.38. The predicted molar refractivity (Wildman–Crippen MR) is 61.3 cm³/mol. The molecule has 94 valence electrons. The van der Waals surface area contributed by atoms with Crippen LogP contribution in [0.4, 0.5) is 13.2 Å². The molecule has 1 saturated carbocycles. The molecule has 0 saturated heterocycles. The van der Waals surface area contributed by atoms with E-state index in [2.05, 4.69) is 5.32 Å². The number of rotatable bonds is 3. The Labute approximate surface area is 99.2 Å². The first-order valence-electron chi connectivity index (χ1n) is 5.47. The fourth-order valence-corrected chi connectivity index (χ4v) is 2.01. The molecule has 0 spiro atoms. The van der Waals surface area contributed by atoms with Gasteiger partial charge in [-0.25, -0.2) is 0 Å². The molecule has 0 radical (unpaired) electrons. The minimum absolute atomic E-state index is 0.0813. The SMILES string of the molecule is CN(CCC(F)(F)F)C(=S)NC1CCCC1. The summed E-state index contributed by atoms with van der Waals surface area (Å²) in [5, 5.41) is 3.53. The quantitative estimate of drug-likeness (QED) is 0.780. The molecule has 0 unspecified atom stereocenters. The average molecular weight is 254 g/mol. The van der Waals surface area contributed by atoms with Crippen molar-refractivity contribution in [3.05, 3.63) is 0 Å². The highest BCUT2D eigenvalue weighted by molar-refractivity contribution is 7.80.